The zero-order valence-electron chi connectivity index (χ0n) is 12.1. The second kappa shape index (κ2) is 5.48. The van der Waals surface area contributed by atoms with Crippen LogP contribution in [-0.4, -0.2) is 38.2 Å². The normalized spacial score (nSPS) is 23.4. The van der Waals surface area contributed by atoms with Crippen LogP contribution in [0, 0.1) is 0 Å². The predicted octanol–water partition coefficient (Wildman–Crippen LogP) is 1.41. The third kappa shape index (κ3) is 2.65. The highest BCUT2D eigenvalue weighted by atomic mass is 32.1. The number of amides is 2. The van der Waals surface area contributed by atoms with Gasteiger partial charge in [-0.1, -0.05) is 6.92 Å². The summed E-state index contributed by atoms with van der Waals surface area (Å²) in [5.74, 6) is -0.0803. The summed E-state index contributed by atoms with van der Waals surface area (Å²) in [5, 5.41) is 4.77. The summed E-state index contributed by atoms with van der Waals surface area (Å²) in [7, 11) is 0. The molecule has 2 aromatic heterocycles. The molecule has 3 heterocycles. The zero-order chi connectivity index (χ0) is 15.0. The first-order chi connectivity index (χ1) is 10.1. The Labute approximate surface area is 126 Å². The standard InChI is InChI=1S/C14H18N4O2S/c1-3-11-13(20)18(9(2)6-12(19)16-11)8-10-7-17-4-5-21-14(17)15-10/h4-5,7,9,11H,3,6,8H2,1-2H3,(H,16,19). The van der Waals surface area contributed by atoms with Crippen LogP contribution in [0.25, 0.3) is 4.96 Å². The van der Waals surface area contributed by atoms with Crippen molar-refractivity contribution < 1.29 is 9.59 Å². The minimum Gasteiger partial charge on any atom is -0.344 e. The number of rotatable bonds is 3. The molecule has 7 heteroatoms. The van der Waals surface area contributed by atoms with Crippen molar-refractivity contribution in [3.8, 4) is 0 Å². The van der Waals surface area contributed by atoms with Gasteiger partial charge in [-0.25, -0.2) is 4.98 Å². The number of carbonyl (C=O) groups is 2. The van der Waals surface area contributed by atoms with Gasteiger partial charge < -0.3 is 10.2 Å². The maximum Gasteiger partial charge on any atom is 0.245 e. The van der Waals surface area contributed by atoms with Crippen molar-refractivity contribution in [2.24, 2.45) is 0 Å². The molecule has 0 spiro atoms. The highest BCUT2D eigenvalue weighted by Gasteiger charge is 2.33. The number of aromatic nitrogens is 2. The van der Waals surface area contributed by atoms with E-state index in [4.69, 9.17) is 0 Å². The maximum atomic E-state index is 12.6. The number of hydrogen-bond acceptors (Lipinski definition) is 4. The number of carbonyl (C=O) groups excluding carboxylic acids is 2. The largest absolute Gasteiger partial charge is 0.344 e. The second-order valence-corrected chi connectivity index (χ2v) is 6.25. The molecule has 6 nitrogen and oxygen atoms in total. The van der Waals surface area contributed by atoms with E-state index in [1.54, 1.807) is 16.2 Å². The Morgan fingerprint density at radius 2 is 2.29 bits per heavy atom. The van der Waals surface area contributed by atoms with Gasteiger partial charge in [0, 0.05) is 30.2 Å². The average Bonchev–Trinajstić information content (AvgIpc) is 2.99. The summed E-state index contributed by atoms with van der Waals surface area (Å²) >= 11 is 1.56. The van der Waals surface area contributed by atoms with Crippen LogP contribution in [0.4, 0.5) is 0 Å². The van der Waals surface area contributed by atoms with E-state index in [0.717, 1.165) is 10.7 Å². The topological polar surface area (TPSA) is 66.7 Å². The molecule has 1 fully saturated rings. The fraction of sp³-hybridized carbons (Fsp3) is 0.500. The minimum absolute atomic E-state index is 0.0211. The van der Waals surface area contributed by atoms with E-state index < -0.39 is 6.04 Å². The summed E-state index contributed by atoms with van der Waals surface area (Å²) in [5.41, 5.74) is 0.853. The van der Waals surface area contributed by atoms with E-state index in [-0.39, 0.29) is 17.9 Å². The summed E-state index contributed by atoms with van der Waals surface area (Å²) in [6.07, 6.45) is 4.83. The molecule has 0 aliphatic carbocycles. The number of hydrogen-bond donors (Lipinski definition) is 1. The number of thiazole rings is 1. The number of fused-ring (bicyclic) bond motifs is 1. The lowest BCUT2D eigenvalue weighted by Crippen LogP contribution is -2.45. The van der Waals surface area contributed by atoms with E-state index in [0.29, 0.717) is 19.4 Å². The van der Waals surface area contributed by atoms with Crippen LogP contribution in [0.3, 0.4) is 0 Å². The Kier molecular flexibility index (Phi) is 3.67. The third-order valence-corrected chi connectivity index (χ3v) is 4.58. The van der Waals surface area contributed by atoms with Crippen molar-refractivity contribution in [2.45, 2.75) is 45.3 Å². The smallest absolute Gasteiger partial charge is 0.245 e. The van der Waals surface area contributed by atoms with Crippen molar-refractivity contribution >= 4 is 28.1 Å². The molecule has 0 radical (unpaired) electrons. The van der Waals surface area contributed by atoms with Gasteiger partial charge in [-0.3, -0.25) is 14.0 Å². The molecule has 0 bridgehead atoms. The molecule has 1 saturated heterocycles. The lowest BCUT2D eigenvalue weighted by molar-refractivity contribution is -0.135. The summed E-state index contributed by atoms with van der Waals surface area (Å²) in [4.78, 5) is 31.6. The van der Waals surface area contributed by atoms with Gasteiger partial charge in [0.15, 0.2) is 4.96 Å². The van der Waals surface area contributed by atoms with Gasteiger partial charge in [0.25, 0.3) is 0 Å². The van der Waals surface area contributed by atoms with Crippen molar-refractivity contribution in [2.75, 3.05) is 0 Å². The Balaban J connectivity index is 1.85. The van der Waals surface area contributed by atoms with Crippen molar-refractivity contribution in [3.63, 3.8) is 0 Å². The molecule has 2 amide bonds. The van der Waals surface area contributed by atoms with Gasteiger partial charge in [0.2, 0.25) is 11.8 Å². The number of nitrogens with one attached hydrogen (secondary N) is 1. The van der Waals surface area contributed by atoms with Crippen molar-refractivity contribution in [3.05, 3.63) is 23.5 Å². The molecule has 21 heavy (non-hydrogen) atoms. The molecule has 2 atom stereocenters. The lowest BCUT2D eigenvalue weighted by Gasteiger charge is -2.27. The second-order valence-electron chi connectivity index (χ2n) is 5.37. The Bertz CT molecular complexity index is 649. The monoisotopic (exact) mass is 306 g/mol. The molecule has 2 aromatic rings. The number of nitrogens with zero attached hydrogens (tertiary/aromatic N) is 3. The summed E-state index contributed by atoms with van der Waals surface area (Å²) in [6.45, 7) is 4.26. The molecule has 1 N–H and O–H groups in total. The maximum absolute atomic E-state index is 12.6. The van der Waals surface area contributed by atoms with Gasteiger partial charge in [0.05, 0.1) is 12.2 Å². The van der Waals surface area contributed by atoms with Crippen LogP contribution in [-0.2, 0) is 16.1 Å². The van der Waals surface area contributed by atoms with Crippen molar-refractivity contribution in [1.82, 2.24) is 19.6 Å². The van der Waals surface area contributed by atoms with E-state index in [9.17, 15) is 9.59 Å². The van der Waals surface area contributed by atoms with Crippen LogP contribution in [0.1, 0.15) is 32.4 Å². The Morgan fingerprint density at radius 1 is 1.48 bits per heavy atom. The van der Waals surface area contributed by atoms with Crippen LogP contribution in [0.5, 0.6) is 0 Å². The van der Waals surface area contributed by atoms with Crippen molar-refractivity contribution in [1.29, 1.82) is 0 Å². The highest BCUT2D eigenvalue weighted by Crippen LogP contribution is 2.18. The van der Waals surface area contributed by atoms with Gasteiger partial charge >= 0.3 is 0 Å². The molecule has 1 aliphatic rings. The molecule has 112 valence electrons. The molecule has 2 unspecified atom stereocenters. The highest BCUT2D eigenvalue weighted by molar-refractivity contribution is 7.15. The quantitative estimate of drug-likeness (QED) is 0.932. The molecule has 0 saturated carbocycles. The molecule has 0 aromatic carbocycles. The van der Waals surface area contributed by atoms with Gasteiger partial charge in [-0.15, -0.1) is 11.3 Å². The molecule has 1 aliphatic heterocycles. The summed E-state index contributed by atoms with van der Waals surface area (Å²) < 4.78 is 1.95. The fourth-order valence-corrected chi connectivity index (χ4v) is 3.37. The minimum atomic E-state index is -0.425. The molecular formula is C14H18N4O2S. The first-order valence-corrected chi connectivity index (χ1v) is 7.97. The number of imidazole rings is 1. The molecular weight excluding hydrogens is 288 g/mol. The van der Waals surface area contributed by atoms with E-state index in [1.807, 2.05) is 36.0 Å². The first kappa shape index (κ1) is 14.1. The predicted molar refractivity (Wildman–Crippen MR) is 79.9 cm³/mol. The zero-order valence-corrected chi connectivity index (χ0v) is 12.9. The third-order valence-electron chi connectivity index (χ3n) is 3.81. The van der Waals surface area contributed by atoms with Crippen LogP contribution < -0.4 is 5.32 Å². The molecule has 3 rings (SSSR count). The van der Waals surface area contributed by atoms with E-state index >= 15 is 0 Å². The average molecular weight is 306 g/mol. The van der Waals surface area contributed by atoms with Gasteiger partial charge in [-0.05, 0) is 13.3 Å². The first-order valence-electron chi connectivity index (χ1n) is 7.09. The van der Waals surface area contributed by atoms with Gasteiger partial charge in [0.1, 0.15) is 6.04 Å². The van der Waals surface area contributed by atoms with Crippen LogP contribution >= 0.6 is 11.3 Å². The SMILES string of the molecule is CCC1NC(=O)CC(C)N(Cc2cn3ccsc3n2)C1=O. The summed E-state index contributed by atoms with van der Waals surface area (Å²) in [6, 6.07) is -0.542. The van der Waals surface area contributed by atoms with E-state index in [2.05, 4.69) is 10.3 Å². The fourth-order valence-electron chi connectivity index (χ4n) is 2.65. The Morgan fingerprint density at radius 3 is 3.00 bits per heavy atom. The lowest BCUT2D eigenvalue weighted by atomic mass is 10.1. The Hall–Kier alpha value is -1.89. The van der Waals surface area contributed by atoms with Crippen LogP contribution in [0.15, 0.2) is 17.8 Å². The van der Waals surface area contributed by atoms with E-state index in [1.165, 1.54) is 0 Å². The van der Waals surface area contributed by atoms with Gasteiger partial charge in [-0.2, -0.15) is 0 Å². The van der Waals surface area contributed by atoms with Crippen LogP contribution in [0.2, 0.25) is 0 Å².